The Labute approximate surface area is 170 Å². The van der Waals surface area contributed by atoms with Crippen LogP contribution >= 0.6 is 0 Å². The lowest BCUT2D eigenvalue weighted by molar-refractivity contribution is 0.0943. The van der Waals surface area contributed by atoms with Crippen LogP contribution in [0, 0.1) is 12.7 Å². The molecule has 0 fully saturated rings. The Bertz CT molecular complexity index is 982. The maximum Gasteiger partial charge on any atom is 0.269 e. The third-order valence-corrected chi connectivity index (χ3v) is 5.32. The van der Waals surface area contributed by atoms with Crippen LogP contribution in [-0.4, -0.2) is 28.0 Å². The maximum absolute atomic E-state index is 13.1. The quantitative estimate of drug-likeness (QED) is 0.672. The minimum atomic E-state index is -0.242. The minimum Gasteiger partial charge on any atom is -0.382 e. The monoisotopic (exact) mass is 392 g/mol. The molecule has 2 aromatic carbocycles. The minimum absolute atomic E-state index is 0.0675. The van der Waals surface area contributed by atoms with Gasteiger partial charge in [0.15, 0.2) is 0 Å². The second kappa shape index (κ2) is 8.47. The molecular formula is C23H25FN4O. The van der Waals surface area contributed by atoms with E-state index in [0.717, 1.165) is 43.0 Å². The second-order valence-corrected chi connectivity index (χ2v) is 7.45. The number of amides is 1. The van der Waals surface area contributed by atoms with Gasteiger partial charge in [0, 0.05) is 31.2 Å². The van der Waals surface area contributed by atoms with Crippen molar-refractivity contribution in [2.24, 2.45) is 0 Å². The van der Waals surface area contributed by atoms with E-state index >= 15 is 0 Å². The number of hydrogen-bond donors (Lipinski definition) is 2. The molecule has 1 unspecified atom stereocenters. The summed E-state index contributed by atoms with van der Waals surface area (Å²) in [6.45, 7) is 3.22. The number of fused-ring (bicyclic) bond motifs is 1. The van der Waals surface area contributed by atoms with Gasteiger partial charge in [-0.25, -0.2) is 9.37 Å². The average molecular weight is 392 g/mol. The van der Waals surface area contributed by atoms with Crippen LogP contribution in [0.2, 0.25) is 0 Å². The van der Waals surface area contributed by atoms with E-state index in [2.05, 4.69) is 27.8 Å². The summed E-state index contributed by atoms with van der Waals surface area (Å²) in [4.78, 5) is 17.4. The van der Waals surface area contributed by atoms with Gasteiger partial charge in [-0.15, -0.1) is 0 Å². The Balaban J connectivity index is 1.39. The van der Waals surface area contributed by atoms with Crippen molar-refractivity contribution >= 4 is 11.6 Å². The van der Waals surface area contributed by atoms with Crippen LogP contribution in [0.1, 0.15) is 34.0 Å². The summed E-state index contributed by atoms with van der Waals surface area (Å²) in [6.07, 6.45) is 2.41. The molecule has 1 aliphatic rings. The fraction of sp³-hybridized carbons (Fsp3) is 0.304. The van der Waals surface area contributed by atoms with E-state index in [9.17, 15) is 9.18 Å². The van der Waals surface area contributed by atoms with E-state index in [1.165, 1.54) is 17.7 Å². The highest BCUT2D eigenvalue weighted by molar-refractivity contribution is 5.93. The van der Waals surface area contributed by atoms with Crippen LogP contribution < -0.4 is 10.6 Å². The van der Waals surface area contributed by atoms with Crippen molar-refractivity contribution in [1.29, 1.82) is 0 Å². The molecule has 0 bridgehead atoms. The zero-order valence-corrected chi connectivity index (χ0v) is 16.5. The molecule has 1 aromatic heterocycles. The number of nitrogens with one attached hydrogen (secondary N) is 2. The van der Waals surface area contributed by atoms with Crippen molar-refractivity contribution in [3.63, 3.8) is 0 Å². The Morgan fingerprint density at radius 1 is 1.17 bits per heavy atom. The Morgan fingerprint density at radius 2 is 1.93 bits per heavy atom. The average Bonchev–Trinajstić information content (AvgIpc) is 3.05. The smallest absolute Gasteiger partial charge is 0.269 e. The largest absolute Gasteiger partial charge is 0.382 e. The molecule has 1 amide bonds. The molecule has 1 atom stereocenters. The lowest BCUT2D eigenvalue weighted by Gasteiger charge is -2.26. The molecule has 0 saturated carbocycles. The number of rotatable bonds is 6. The van der Waals surface area contributed by atoms with E-state index in [1.807, 2.05) is 29.7 Å². The lowest BCUT2D eigenvalue weighted by Crippen LogP contribution is -2.33. The van der Waals surface area contributed by atoms with Gasteiger partial charge in [0.05, 0.1) is 5.69 Å². The van der Waals surface area contributed by atoms with Gasteiger partial charge in [-0.1, -0.05) is 30.3 Å². The highest BCUT2D eigenvalue weighted by atomic mass is 19.1. The molecule has 0 saturated heterocycles. The van der Waals surface area contributed by atoms with E-state index in [-0.39, 0.29) is 17.8 Å². The predicted molar refractivity (Wildman–Crippen MR) is 112 cm³/mol. The third kappa shape index (κ3) is 4.47. The number of carbonyl (C=O) groups excluding carboxylic acids is 1. The Hall–Kier alpha value is -3.15. The van der Waals surface area contributed by atoms with Crippen LogP contribution in [0.5, 0.6) is 0 Å². The predicted octanol–water partition coefficient (Wildman–Crippen LogP) is 3.73. The number of carbonyl (C=O) groups is 1. The summed E-state index contributed by atoms with van der Waals surface area (Å²) in [7, 11) is 0. The maximum atomic E-state index is 13.1. The molecule has 0 aliphatic carbocycles. The van der Waals surface area contributed by atoms with Crippen molar-refractivity contribution in [2.75, 3.05) is 11.9 Å². The van der Waals surface area contributed by atoms with Crippen molar-refractivity contribution in [1.82, 2.24) is 14.9 Å². The first-order valence-electron chi connectivity index (χ1n) is 10.0. The molecule has 1 aliphatic heterocycles. The number of aryl methyl sites for hydroxylation is 1. The number of imidazole rings is 1. The van der Waals surface area contributed by atoms with Gasteiger partial charge >= 0.3 is 0 Å². The standard InChI is InChI=1S/C23H25FN4O/c1-16-22(23(29)25-13-11-17-5-3-2-4-6-17)28-14-12-20(15-21(28)26-16)27-19-9-7-18(24)8-10-19/h2-10,20,27H,11-15H2,1H3,(H,25,29). The van der Waals surface area contributed by atoms with Crippen molar-refractivity contribution in [3.8, 4) is 0 Å². The molecule has 3 aromatic rings. The highest BCUT2D eigenvalue weighted by Crippen LogP contribution is 2.22. The first-order valence-corrected chi connectivity index (χ1v) is 10.0. The Kier molecular flexibility index (Phi) is 5.60. The summed E-state index contributed by atoms with van der Waals surface area (Å²) in [6, 6.07) is 16.7. The first kappa shape index (κ1) is 19.2. The third-order valence-electron chi connectivity index (χ3n) is 5.32. The molecule has 29 heavy (non-hydrogen) atoms. The van der Waals surface area contributed by atoms with Crippen LogP contribution in [0.15, 0.2) is 54.6 Å². The topological polar surface area (TPSA) is 59.0 Å². The highest BCUT2D eigenvalue weighted by Gasteiger charge is 2.26. The van der Waals surface area contributed by atoms with E-state index in [0.29, 0.717) is 12.2 Å². The van der Waals surface area contributed by atoms with Gasteiger partial charge in [-0.2, -0.15) is 0 Å². The summed E-state index contributed by atoms with van der Waals surface area (Å²) in [5.74, 6) is 0.608. The summed E-state index contributed by atoms with van der Waals surface area (Å²) < 4.78 is 15.1. The zero-order valence-electron chi connectivity index (χ0n) is 16.5. The molecule has 2 N–H and O–H groups in total. The lowest BCUT2D eigenvalue weighted by atomic mass is 10.1. The van der Waals surface area contributed by atoms with Crippen LogP contribution in [0.25, 0.3) is 0 Å². The number of anilines is 1. The van der Waals surface area contributed by atoms with E-state index < -0.39 is 0 Å². The van der Waals surface area contributed by atoms with Gasteiger partial charge in [-0.3, -0.25) is 4.79 Å². The van der Waals surface area contributed by atoms with E-state index in [4.69, 9.17) is 0 Å². The van der Waals surface area contributed by atoms with Gasteiger partial charge < -0.3 is 15.2 Å². The number of benzene rings is 2. The van der Waals surface area contributed by atoms with Crippen molar-refractivity contribution < 1.29 is 9.18 Å². The van der Waals surface area contributed by atoms with Gasteiger partial charge in [0.25, 0.3) is 5.91 Å². The van der Waals surface area contributed by atoms with Gasteiger partial charge in [0.2, 0.25) is 0 Å². The summed E-state index contributed by atoms with van der Waals surface area (Å²) >= 11 is 0. The second-order valence-electron chi connectivity index (χ2n) is 7.45. The number of hydrogen-bond acceptors (Lipinski definition) is 3. The van der Waals surface area contributed by atoms with Crippen LogP contribution in [0.4, 0.5) is 10.1 Å². The molecule has 0 spiro atoms. The molecule has 150 valence electrons. The SMILES string of the molecule is Cc1nc2n(c1C(=O)NCCc1ccccc1)CCC(Nc1ccc(F)cc1)C2. The normalized spacial score (nSPS) is 15.6. The molecule has 2 heterocycles. The van der Waals surface area contributed by atoms with Crippen LogP contribution in [-0.2, 0) is 19.4 Å². The summed E-state index contributed by atoms with van der Waals surface area (Å²) in [5.41, 5.74) is 3.52. The molecule has 4 rings (SSSR count). The molecule has 6 heteroatoms. The number of halogens is 1. The fourth-order valence-corrected chi connectivity index (χ4v) is 3.88. The Morgan fingerprint density at radius 3 is 2.69 bits per heavy atom. The molecule has 5 nitrogen and oxygen atoms in total. The van der Waals surface area contributed by atoms with Gasteiger partial charge in [0.1, 0.15) is 17.3 Å². The summed E-state index contributed by atoms with van der Waals surface area (Å²) in [5, 5.41) is 6.47. The van der Waals surface area contributed by atoms with E-state index in [1.54, 1.807) is 12.1 Å². The number of nitrogens with zero attached hydrogens (tertiary/aromatic N) is 2. The molecular weight excluding hydrogens is 367 g/mol. The first-order chi connectivity index (χ1) is 14.1. The van der Waals surface area contributed by atoms with Gasteiger partial charge in [-0.05, 0) is 49.6 Å². The number of aromatic nitrogens is 2. The molecule has 0 radical (unpaired) electrons. The van der Waals surface area contributed by atoms with Crippen LogP contribution in [0.3, 0.4) is 0 Å². The van der Waals surface area contributed by atoms with Crippen molar-refractivity contribution in [2.45, 2.75) is 38.8 Å². The fourth-order valence-electron chi connectivity index (χ4n) is 3.88. The van der Waals surface area contributed by atoms with Crippen molar-refractivity contribution in [3.05, 3.63) is 83.2 Å². The zero-order chi connectivity index (χ0) is 20.2.